The minimum absolute atomic E-state index is 0.260. The highest BCUT2D eigenvalue weighted by Crippen LogP contribution is 2.20. The first-order chi connectivity index (χ1) is 7.56. The molecular formula is C11H21N3O2. The van der Waals surface area contributed by atoms with E-state index in [4.69, 9.17) is 9.84 Å². The summed E-state index contributed by atoms with van der Waals surface area (Å²) < 4.78 is 7.02. The maximum absolute atomic E-state index is 9.13. The number of ether oxygens (including phenoxy) is 1. The summed E-state index contributed by atoms with van der Waals surface area (Å²) in [7, 11) is 3.51. The summed E-state index contributed by atoms with van der Waals surface area (Å²) in [6.45, 7) is 5.26. The van der Waals surface area contributed by atoms with Crippen LogP contribution in [-0.2, 0) is 13.6 Å². The van der Waals surface area contributed by atoms with Crippen molar-refractivity contribution in [2.75, 3.05) is 13.7 Å². The van der Waals surface area contributed by atoms with Crippen LogP contribution in [-0.4, -0.2) is 34.6 Å². The highest BCUT2D eigenvalue weighted by Gasteiger charge is 2.12. The van der Waals surface area contributed by atoms with Crippen LogP contribution in [0.2, 0.25) is 0 Å². The number of aliphatic hydroxyl groups is 1. The van der Waals surface area contributed by atoms with Gasteiger partial charge in [0.2, 0.25) is 5.88 Å². The van der Waals surface area contributed by atoms with Crippen molar-refractivity contribution in [3.8, 4) is 5.88 Å². The average molecular weight is 227 g/mol. The molecule has 0 aliphatic heterocycles. The van der Waals surface area contributed by atoms with Crippen molar-refractivity contribution >= 4 is 0 Å². The van der Waals surface area contributed by atoms with E-state index in [9.17, 15) is 0 Å². The Labute approximate surface area is 96.4 Å². The molecule has 16 heavy (non-hydrogen) atoms. The smallest absolute Gasteiger partial charge is 0.216 e. The van der Waals surface area contributed by atoms with E-state index in [0.29, 0.717) is 0 Å². The molecule has 1 aromatic rings. The van der Waals surface area contributed by atoms with Crippen molar-refractivity contribution in [1.29, 1.82) is 0 Å². The molecule has 1 aromatic heterocycles. The van der Waals surface area contributed by atoms with Crippen molar-refractivity contribution in [2.24, 2.45) is 7.05 Å². The first-order valence-electron chi connectivity index (χ1n) is 5.51. The summed E-state index contributed by atoms with van der Waals surface area (Å²) in [5.41, 5.74) is 2.06. The van der Waals surface area contributed by atoms with Gasteiger partial charge >= 0.3 is 0 Å². The van der Waals surface area contributed by atoms with Gasteiger partial charge in [0.25, 0.3) is 0 Å². The fourth-order valence-electron chi connectivity index (χ4n) is 1.66. The fraction of sp³-hybridized carbons (Fsp3) is 0.727. The maximum Gasteiger partial charge on any atom is 0.216 e. The second-order valence-corrected chi connectivity index (χ2v) is 4.01. The third kappa shape index (κ3) is 3.21. The minimum Gasteiger partial charge on any atom is -0.481 e. The van der Waals surface area contributed by atoms with Crippen LogP contribution in [0.4, 0.5) is 0 Å². The van der Waals surface area contributed by atoms with E-state index < -0.39 is 0 Å². The number of nitrogens with zero attached hydrogens (tertiary/aromatic N) is 2. The van der Waals surface area contributed by atoms with Crippen LogP contribution in [0, 0.1) is 6.92 Å². The molecule has 92 valence electrons. The van der Waals surface area contributed by atoms with E-state index in [-0.39, 0.29) is 6.10 Å². The van der Waals surface area contributed by atoms with Crippen molar-refractivity contribution < 1.29 is 9.84 Å². The molecule has 0 saturated carbocycles. The number of methoxy groups -OCH3 is 1. The molecule has 1 rings (SSSR count). The average Bonchev–Trinajstić information content (AvgIpc) is 2.47. The van der Waals surface area contributed by atoms with Crippen LogP contribution >= 0.6 is 0 Å². The van der Waals surface area contributed by atoms with E-state index in [1.807, 2.05) is 14.0 Å². The molecule has 0 spiro atoms. The van der Waals surface area contributed by atoms with Gasteiger partial charge in [0.05, 0.1) is 24.5 Å². The monoisotopic (exact) mass is 227 g/mol. The van der Waals surface area contributed by atoms with Gasteiger partial charge in [-0.1, -0.05) is 0 Å². The zero-order valence-electron chi connectivity index (χ0n) is 10.4. The molecule has 0 radical (unpaired) electrons. The van der Waals surface area contributed by atoms with E-state index in [0.717, 1.165) is 36.6 Å². The number of aryl methyl sites for hydroxylation is 2. The maximum atomic E-state index is 9.13. The molecule has 0 aliphatic carbocycles. The predicted molar refractivity (Wildman–Crippen MR) is 62.5 cm³/mol. The van der Waals surface area contributed by atoms with E-state index in [2.05, 4.69) is 10.4 Å². The molecule has 5 heteroatoms. The lowest BCUT2D eigenvalue weighted by atomic mass is 10.2. The Morgan fingerprint density at radius 1 is 1.56 bits per heavy atom. The summed E-state index contributed by atoms with van der Waals surface area (Å²) >= 11 is 0. The molecular weight excluding hydrogens is 206 g/mol. The predicted octanol–water partition coefficient (Wildman–Crippen LogP) is 0.598. The molecule has 1 atom stereocenters. The van der Waals surface area contributed by atoms with Gasteiger partial charge in [-0.05, 0) is 26.8 Å². The molecule has 1 heterocycles. The normalized spacial score (nSPS) is 12.8. The Hall–Kier alpha value is -1.07. The van der Waals surface area contributed by atoms with Crippen molar-refractivity contribution in [1.82, 2.24) is 15.1 Å². The zero-order chi connectivity index (χ0) is 12.1. The highest BCUT2D eigenvalue weighted by molar-refractivity contribution is 5.30. The summed E-state index contributed by atoms with van der Waals surface area (Å²) in [6, 6.07) is 0. The lowest BCUT2D eigenvalue weighted by molar-refractivity contribution is 0.183. The van der Waals surface area contributed by atoms with Crippen molar-refractivity contribution in [3.63, 3.8) is 0 Å². The van der Waals surface area contributed by atoms with Crippen LogP contribution in [0.15, 0.2) is 0 Å². The van der Waals surface area contributed by atoms with Gasteiger partial charge in [-0.15, -0.1) is 0 Å². The molecule has 0 aliphatic rings. The number of nitrogens with one attached hydrogen (secondary N) is 1. The Balaban J connectivity index is 2.53. The third-order valence-corrected chi connectivity index (χ3v) is 2.52. The molecule has 0 aromatic carbocycles. The van der Waals surface area contributed by atoms with E-state index in [1.54, 1.807) is 18.7 Å². The van der Waals surface area contributed by atoms with Gasteiger partial charge in [-0.25, -0.2) is 4.68 Å². The molecule has 1 unspecified atom stereocenters. The largest absolute Gasteiger partial charge is 0.481 e. The number of hydrogen-bond donors (Lipinski definition) is 2. The number of hydrogen-bond acceptors (Lipinski definition) is 4. The number of rotatable bonds is 6. The first kappa shape index (κ1) is 13.0. The van der Waals surface area contributed by atoms with Crippen LogP contribution in [0.3, 0.4) is 0 Å². The second-order valence-electron chi connectivity index (χ2n) is 4.01. The lowest BCUT2D eigenvalue weighted by Gasteiger charge is -2.08. The Morgan fingerprint density at radius 2 is 2.25 bits per heavy atom. The summed E-state index contributed by atoms with van der Waals surface area (Å²) in [5, 5.41) is 16.7. The number of aromatic nitrogens is 2. The van der Waals surface area contributed by atoms with Gasteiger partial charge in [-0.3, -0.25) is 0 Å². The van der Waals surface area contributed by atoms with Gasteiger partial charge in [0, 0.05) is 13.6 Å². The summed E-state index contributed by atoms with van der Waals surface area (Å²) in [6.07, 6.45) is 0.492. The molecule has 2 N–H and O–H groups in total. The highest BCUT2D eigenvalue weighted by atomic mass is 16.5. The van der Waals surface area contributed by atoms with Crippen molar-refractivity contribution in [3.05, 3.63) is 11.3 Å². The molecule has 0 saturated heterocycles. The Morgan fingerprint density at radius 3 is 2.81 bits per heavy atom. The van der Waals surface area contributed by atoms with Gasteiger partial charge in [0.15, 0.2) is 0 Å². The Bertz CT molecular complexity index is 334. The zero-order valence-corrected chi connectivity index (χ0v) is 10.4. The summed E-state index contributed by atoms with van der Waals surface area (Å²) in [5.74, 6) is 0.794. The third-order valence-electron chi connectivity index (χ3n) is 2.52. The molecule has 0 bridgehead atoms. The number of aliphatic hydroxyl groups excluding tert-OH is 1. The SMILES string of the molecule is COc1c(CNCCC(C)O)c(C)nn1C. The van der Waals surface area contributed by atoms with Crippen LogP contribution in [0.5, 0.6) is 5.88 Å². The second kappa shape index (κ2) is 5.86. The Kier molecular flexibility index (Phi) is 4.76. The van der Waals surface area contributed by atoms with Gasteiger partial charge in [-0.2, -0.15) is 5.10 Å². The minimum atomic E-state index is -0.260. The van der Waals surface area contributed by atoms with Crippen molar-refractivity contribution in [2.45, 2.75) is 32.9 Å². The van der Waals surface area contributed by atoms with Crippen LogP contribution in [0.25, 0.3) is 0 Å². The van der Waals surface area contributed by atoms with Gasteiger partial charge in [0.1, 0.15) is 0 Å². The molecule has 0 fully saturated rings. The standard InChI is InChI=1S/C11H21N3O2/c1-8(15)5-6-12-7-10-9(2)13-14(3)11(10)16-4/h8,12,15H,5-7H2,1-4H3. The molecule has 0 amide bonds. The van der Waals surface area contributed by atoms with Crippen LogP contribution in [0.1, 0.15) is 24.6 Å². The fourth-order valence-corrected chi connectivity index (χ4v) is 1.66. The quantitative estimate of drug-likeness (QED) is 0.699. The lowest BCUT2D eigenvalue weighted by Crippen LogP contribution is -2.19. The topological polar surface area (TPSA) is 59.3 Å². The van der Waals surface area contributed by atoms with E-state index in [1.165, 1.54) is 0 Å². The first-order valence-corrected chi connectivity index (χ1v) is 5.51. The summed E-state index contributed by atoms with van der Waals surface area (Å²) in [4.78, 5) is 0. The van der Waals surface area contributed by atoms with Crippen LogP contribution < -0.4 is 10.1 Å². The van der Waals surface area contributed by atoms with Gasteiger partial charge < -0.3 is 15.2 Å². The van der Waals surface area contributed by atoms with E-state index >= 15 is 0 Å². The molecule has 5 nitrogen and oxygen atoms in total.